The van der Waals surface area contributed by atoms with E-state index in [1.807, 2.05) is 29.0 Å². The van der Waals surface area contributed by atoms with Crippen LogP contribution in [0.4, 0.5) is 0 Å². The first-order valence-corrected chi connectivity index (χ1v) is 9.04. The molecular formula is C20H25N5O2. The highest BCUT2D eigenvalue weighted by atomic mass is 16.1. The number of amides is 1. The molecule has 1 N–H and O–H groups in total. The van der Waals surface area contributed by atoms with Crippen molar-refractivity contribution in [3.8, 4) is 0 Å². The number of nitrogens with one attached hydrogen (secondary N) is 1. The molecule has 1 amide bonds. The Morgan fingerprint density at radius 1 is 1.26 bits per heavy atom. The lowest BCUT2D eigenvalue weighted by atomic mass is 9.86. The van der Waals surface area contributed by atoms with Crippen LogP contribution in [0.3, 0.4) is 0 Å². The number of aromatic nitrogens is 4. The molecule has 0 spiro atoms. The Morgan fingerprint density at radius 3 is 2.74 bits per heavy atom. The highest BCUT2D eigenvalue weighted by molar-refractivity contribution is 5.79. The maximum atomic E-state index is 12.6. The molecule has 142 valence electrons. The van der Waals surface area contributed by atoms with E-state index < -0.39 is 0 Å². The van der Waals surface area contributed by atoms with Gasteiger partial charge in [0.1, 0.15) is 0 Å². The Morgan fingerprint density at radius 2 is 2.04 bits per heavy atom. The highest BCUT2D eigenvalue weighted by Crippen LogP contribution is 2.21. The maximum absolute atomic E-state index is 12.6. The zero-order valence-corrected chi connectivity index (χ0v) is 15.9. The molecule has 0 saturated heterocycles. The fourth-order valence-electron chi connectivity index (χ4n) is 2.95. The molecule has 0 bridgehead atoms. The number of para-hydroxylation sites is 1. The van der Waals surface area contributed by atoms with Crippen LogP contribution in [0.2, 0.25) is 0 Å². The molecule has 0 aliphatic carbocycles. The smallest absolute Gasteiger partial charge is 0.222 e. The maximum Gasteiger partial charge on any atom is 0.222 e. The van der Waals surface area contributed by atoms with Gasteiger partial charge in [-0.3, -0.25) is 14.3 Å². The molecule has 0 aliphatic heterocycles. The molecule has 27 heavy (non-hydrogen) atoms. The third-order valence-corrected chi connectivity index (χ3v) is 4.65. The molecule has 0 aliphatic rings. The summed E-state index contributed by atoms with van der Waals surface area (Å²) in [6, 6.07) is 7.28. The van der Waals surface area contributed by atoms with E-state index in [4.69, 9.17) is 0 Å². The largest absolute Gasteiger partial charge is 0.351 e. The number of hydrogen-bond acceptors (Lipinski definition) is 4. The Bertz CT molecular complexity index is 970. The minimum Gasteiger partial charge on any atom is -0.351 e. The summed E-state index contributed by atoms with van der Waals surface area (Å²) in [7, 11) is 0. The van der Waals surface area contributed by atoms with Gasteiger partial charge in [-0.25, -0.2) is 4.98 Å². The standard InChI is InChI=1S/C20H25N5O2/c1-20(2,3)18(13-24-11-9-21-14-24)23-19(27)8-10-25-16-7-5-4-6-15(16)17(26)12-22-25/h4-7,9,11-12,14,18H,8,10,13H2,1-3H3,(H,23,27)/t18-/m1/s1. The molecule has 0 fully saturated rings. The van der Waals surface area contributed by atoms with Crippen LogP contribution in [0.1, 0.15) is 27.2 Å². The second kappa shape index (κ2) is 7.73. The zero-order valence-electron chi connectivity index (χ0n) is 15.9. The van der Waals surface area contributed by atoms with Crippen molar-refractivity contribution >= 4 is 16.8 Å². The lowest BCUT2D eigenvalue weighted by molar-refractivity contribution is -0.123. The number of carbonyl (C=O) groups excluding carboxylic acids is 1. The van der Waals surface area contributed by atoms with Crippen LogP contribution in [0.5, 0.6) is 0 Å². The second-order valence-electron chi connectivity index (χ2n) is 7.74. The molecular weight excluding hydrogens is 342 g/mol. The van der Waals surface area contributed by atoms with Crippen LogP contribution in [0.25, 0.3) is 10.9 Å². The molecule has 0 unspecified atom stereocenters. The SMILES string of the molecule is CC(C)(C)[C@@H](Cn1ccnc1)NC(=O)CCn1ncc(=O)c2ccccc21. The van der Waals surface area contributed by atoms with E-state index in [1.54, 1.807) is 23.3 Å². The van der Waals surface area contributed by atoms with E-state index in [1.165, 1.54) is 6.20 Å². The molecule has 2 heterocycles. The molecule has 0 radical (unpaired) electrons. The summed E-state index contributed by atoms with van der Waals surface area (Å²) in [5.74, 6) is -0.0420. The van der Waals surface area contributed by atoms with Gasteiger partial charge in [-0.15, -0.1) is 0 Å². The molecule has 3 rings (SSSR count). The highest BCUT2D eigenvalue weighted by Gasteiger charge is 2.26. The predicted molar refractivity (Wildman–Crippen MR) is 104 cm³/mol. The average Bonchev–Trinajstić information content (AvgIpc) is 3.13. The summed E-state index contributed by atoms with van der Waals surface area (Å²) in [4.78, 5) is 28.5. The van der Waals surface area contributed by atoms with Crippen molar-refractivity contribution < 1.29 is 4.79 Å². The van der Waals surface area contributed by atoms with Gasteiger partial charge in [-0.2, -0.15) is 5.10 Å². The van der Waals surface area contributed by atoms with E-state index in [0.717, 1.165) is 5.52 Å². The van der Waals surface area contributed by atoms with Gasteiger partial charge in [-0.05, 0) is 17.5 Å². The van der Waals surface area contributed by atoms with Gasteiger partial charge >= 0.3 is 0 Å². The Kier molecular flexibility index (Phi) is 5.39. The normalized spacial score (nSPS) is 12.9. The molecule has 0 saturated carbocycles. The van der Waals surface area contributed by atoms with Crippen LogP contribution in [-0.4, -0.2) is 31.3 Å². The predicted octanol–water partition coefficient (Wildman–Crippen LogP) is 2.21. The van der Waals surface area contributed by atoms with E-state index in [0.29, 0.717) is 18.5 Å². The van der Waals surface area contributed by atoms with Crippen molar-refractivity contribution in [3.05, 3.63) is 59.4 Å². The number of benzene rings is 1. The molecule has 7 heteroatoms. The topological polar surface area (TPSA) is 81.8 Å². The van der Waals surface area contributed by atoms with Crippen molar-refractivity contribution in [1.29, 1.82) is 0 Å². The van der Waals surface area contributed by atoms with Gasteiger partial charge in [0.2, 0.25) is 11.3 Å². The van der Waals surface area contributed by atoms with Gasteiger partial charge in [-0.1, -0.05) is 32.9 Å². The quantitative estimate of drug-likeness (QED) is 0.724. The summed E-state index contributed by atoms with van der Waals surface area (Å²) in [5.41, 5.74) is 0.533. The summed E-state index contributed by atoms with van der Waals surface area (Å²) >= 11 is 0. The molecule has 3 aromatic rings. The van der Waals surface area contributed by atoms with Crippen molar-refractivity contribution in [1.82, 2.24) is 24.6 Å². The molecule has 1 aromatic carbocycles. The van der Waals surface area contributed by atoms with Crippen molar-refractivity contribution in [2.24, 2.45) is 5.41 Å². The van der Waals surface area contributed by atoms with Crippen molar-refractivity contribution in [3.63, 3.8) is 0 Å². The number of nitrogens with zero attached hydrogens (tertiary/aromatic N) is 4. The van der Waals surface area contributed by atoms with Gasteiger partial charge < -0.3 is 9.88 Å². The fourth-order valence-corrected chi connectivity index (χ4v) is 2.95. The monoisotopic (exact) mass is 367 g/mol. The van der Waals surface area contributed by atoms with E-state index in [-0.39, 0.29) is 29.2 Å². The fraction of sp³-hybridized carbons (Fsp3) is 0.400. The summed E-state index contributed by atoms with van der Waals surface area (Å²) in [6.07, 6.45) is 6.96. The van der Waals surface area contributed by atoms with Crippen LogP contribution >= 0.6 is 0 Å². The van der Waals surface area contributed by atoms with E-state index in [2.05, 4.69) is 36.2 Å². The van der Waals surface area contributed by atoms with Crippen LogP contribution in [0, 0.1) is 5.41 Å². The third kappa shape index (κ3) is 4.61. The van der Waals surface area contributed by atoms with Gasteiger partial charge in [0, 0.05) is 30.7 Å². The summed E-state index contributed by atoms with van der Waals surface area (Å²) in [5, 5.41) is 7.93. The van der Waals surface area contributed by atoms with E-state index >= 15 is 0 Å². The summed E-state index contributed by atoms with van der Waals surface area (Å²) in [6.45, 7) is 7.38. The van der Waals surface area contributed by atoms with E-state index in [9.17, 15) is 9.59 Å². The number of rotatable bonds is 6. The Labute approximate surface area is 158 Å². The zero-order chi connectivity index (χ0) is 19.4. The Hall–Kier alpha value is -2.96. The molecule has 1 atom stereocenters. The minimum absolute atomic E-state index is 0.0297. The number of imidazole rings is 1. The molecule has 2 aromatic heterocycles. The van der Waals surface area contributed by atoms with Gasteiger partial charge in [0.15, 0.2) is 0 Å². The third-order valence-electron chi connectivity index (χ3n) is 4.65. The second-order valence-corrected chi connectivity index (χ2v) is 7.74. The van der Waals surface area contributed by atoms with Crippen molar-refractivity contribution in [2.75, 3.05) is 0 Å². The number of hydrogen-bond donors (Lipinski definition) is 1. The lowest BCUT2D eigenvalue weighted by Gasteiger charge is -2.32. The first kappa shape index (κ1) is 18.8. The number of fused-ring (bicyclic) bond motifs is 1. The van der Waals surface area contributed by atoms with Crippen LogP contribution in [-0.2, 0) is 17.9 Å². The number of aryl methyl sites for hydroxylation is 1. The van der Waals surface area contributed by atoms with Gasteiger partial charge in [0.05, 0.1) is 30.6 Å². The number of carbonyl (C=O) groups is 1. The Balaban J connectivity index is 1.68. The first-order chi connectivity index (χ1) is 12.8. The first-order valence-electron chi connectivity index (χ1n) is 9.04. The van der Waals surface area contributed by atoms with Crippen molar-refractivity contribution in [2.45, 2.75) is 46.3 Å². The average molecular weight is 367 g/mol. The summed E-state index contributed by atoms with van der Waals surface area (Å²) < 4.78 is 3.67. The van der Waals surface area contributed by atoms with Crippen LogP contribution < -0.4 is 10.7 Å². The lowest BCUT2D eigenvalue weighted by Crippen LogP contribution is -2.46. The van der Waals surface area contributed by atoms with Crippen LogP contribution in [0.15, 0.2) is 54.0 Å². The van der Waals surface area contributed by atoms with Gasteiger partial charge in [0.25, 0.3) is 0 Å². The minimum atomic E-state index is -0.112. The molecule has 7 nitrogen and oxygen atoms in total.